The van der Waals surface area contributed by atoms with Gasteiger partial charge in [-0.25, -0.2) is 4.98 Å². The first-order chi connectivity index (χ1) is 11.3. The minimum absolute atomic E-state index is 0.284. The molecular formula is C16H17N5OS. The summed E-state index contributed by atoms with van der Waals surface area (Å²) in [4.78, 5) is 12.3. The number of hydrogen-bond donors (Lipinski definition) is 1. The first kappa shape index (κ1) is 14.3. The highest BCUT2D eigenvalue weighted by atomic mass is 32.1. The second-order valence-electron chi connectivity index (χ2n) is 5.60. The summed E-state index contributed by atoms with van der Waals surface area (Å²) in [5.41, 5.74) is 6.87. The molecule has 118 valence electrons. The number of piperidine rings is 1. The second kappa shape index (κ2) is 6.10. The summed E-state index contributed by atoms with van der Waals surface area (Å²) in [6.07, 6.45) is 3.74. The fourth-order valence-corrected chi connectivity index (χ4v) is 3.42. The highest BCUT2D eigenvalue weighted by Crippen LogP contribution is 2.31. The Morgan fingerprint density at radius 1 is 1.22 bits per heavy atom. The van der Waals surface area contributed by atoms with E-state index in [4.69, 9.17) is 10.3 Å². The molecule has 0 aromatic carbocycles. The molecule has 1 aliphatic rings. The van der Waals surface area contributed by atoms with E-state index in [2.05, 4.69) is 20.0 Å². The van der Waals surface area contributed by atoms with E-state index in [-0.39, 0.29) is 6.04 Å². The van der Waals surface area contributed by atoms with Crippen LogP contribution in [0.5, 0.6) is 0 Å². The van der Waals surface area contributed by atoms with Gasteiger partial charge < -0.3 is 15.2 Å². The van der Waals surface area contributed by atoms with Gasteiger partial charge in [0.25, 0.3) is 5.89 Å². The second-order valence-corrected chi connectivity index (χ2v) is 6.55. The quantitative estimate of drug-likeness (QED) is 0.796. The lowest BCUT2D eigenvalue weighted by molar-refractivity contribution is 0.432. The number of anilines is 1. The van der Waals surface area contributed by atoms with E-state index in [1.165, 1.54) is 0 Å². The molecule has 1 saturated heterocycles. The van der Waals surface area contributed by atoms with E-state index in [1.807, 2.05) is 29.6 Å². The van der Waals surface area contributed by atoms with Gasteiger partial charge in [0, 0.05) is 25.3 Å². The maximum atomic E-state index is 5.99. The van der Waals surface area contributed by atoms with Crippen molar-refractivity contribution < 1.29 is 4.52 Å². The van der Waals surface area contributed by atoms with Crippen LogP contribution in [0.15, 0.2) is 40.4 Å². The molecule has 0 unspecified atom stereocenters. The maximum Gasteiger partial charge on any atom is 0.262 e. The van der Waals surface area contributed by atoms with Crippen LogP contribution in [0.1, 0.15) is 12.8 Å². The van der Waals surface area contributed by atoms with Crippen molar-refractivity contribution in [1.29, 1.82) is 0 Å². The number of rotatable bonds is 3. The third kappa shape index (κ3) is 2.85. The molecule has 2 N–H and O–H groups in total. The number of nitrogens with zero attached hydrogens (tertiary/aromatic N) is 4. The van der Waals surface area contributed by atoms with E-state index in [0.717, 1.165) is 42.2 Å². The van der Waals surface area contributed by atoms with E-state index < -0.39 is 0 Å². The lowest BCUT2D eigenvalue weighted by Crippen LogP contribution is -2.40. The first-order valence-electron chi connectivity index (χ1n) is 7.65. The minimum Gasteiger partial charge on any atom is -0.356 e. The van der Waals surface area contributed by atoms with Crippen LogP contribution >= 0.6 is 11.3 Å². The van der Waals surface area contributed by atoms with Gasteiger partial charge in [-0.15, -0.1) is 11.3 Å². The van der Waals surface area contributed by atoms with Gasteiger partial charge in [0.15, 0.2) is 0 Å². The molecule has 1 aliphatic heterocycles. The Balaban J connectivity index is 1.67. The van der Waals surface area contributed by atoms with Gasteiger partial charge in [-0.3, -0.25) is 0 Å². The molecule has 0 bridgehead atoms. The average molecular weight is 327 g/mol. The number of pyridine rings is 1. The van der Waals surface area contributed by atoms with Gasteiger partial charge >= 0.3 is 0 Å². The van der Waals surface area contributed by atoms with Crippen molar-refractivity contribution in [2.45, 2.75) is 18.9 Å². The summed E-state index contributed by atoms with van der Waals surface area (Å²) >= 11 is 1.59. The summed E-state index contributed by atoms with van der Waals surface area (Å²) in [6.45, 7) is 1.80. The van der Waals surface area contributed by atoms with Crippen LogP contribution in [0.4, 0.5) is 5.82 Å². The van der Waals surface area contributed by atoms with Crippen molar-refractivity contribution in [3.63, 3.8) is 0 Å². The van der Waals surface area contributed by atoms with Gasteiger partial charge in [0.1, 0.15) is 5.82 Å². The van der Waals surface area contributed by atoms with Crippen LogP contribution in [0.2, 0.25) is 0 Å². The maximum absolute atomic E-state index is 5.99. The van der Waals surface area contributed by atoms with Crippen LogP contribution in [0, 0.1) is 0 Å². The van der Waals surface area contributed by atoms with Gasteiger partial charge in [-0.2, -0.15) is 4.98 Å². The zero-order chi connectivity index (χ0) is 15.6. The fraction of sp³-hybridized carbons (Fsp3) is 0.312. The molecule has 4 heterocycles. The standard InChI is InChI=1S/C16H17N5OS/c17-11-5-8-21(9-6-11)15-12(3-1-7-18-15)16-19-14(20-22-16)13-4-2-10-23-13/h1-4,7,10-11H,5-6,8-9,17H2. The van der Waals surface area contributed by atoms with Crippen molar-refractivity contribution in [1.82, 2.24) is 15.1 Å². The van der Waals surface area contributed by atoms with E-state index in [9.17, 15) is 0 Å². The Labute approximate surface area is 138 Å². The van der Waals surface area contributed by atoms with Gasteiger partial charge in [0.2, 0.25) is 5.82 Å². The van der Waals surface area contributed by atoms with Crippen molar-refractivity contribution in [3.05, 3.63) is 35.8 Å². The van der Waals surface area contributed by atoms with Crippen LogP contribution in [0.25, 0.3) is 22.2 Å². The topological polar surface area (TPSA) is 81.1 Å². The highest BCUT2D eigenvalue weighted by Gasteiger charge is 2.22. The largest absolute Gasteiger partial charge is 0.356 e. The molecule has 0 spiro atoms. The molecule has 0 aliphatic carbocycles. The normalized spacial score (nSPS) is 16.0. The van der Waals surface area contributed by atoms with Crippen molar-refractivity contribution in [2.24, 2.45) is 5.73 Å². The smallest absolute Gasteiger partial charge is 0.262 e. The minimum atomic E-state index is 0.284. The molecule has 1 fully saturated rings. The van der Waals surface area contributed by atoms with E-state index in [1.54, 1.807) is 17.5 Å². The predicted molar refractivity (Wildman–Crippen MR) is 90.3 cm³/mol. The summed E-state index contributed by atoms with van der Waals surface area (Å²) in [6, 6.07) is 8.11. The Bertz CT molecular complexity index is 777. The predicted octanol–water partition coefficient (Wildman–Crippen LogP) is 2.79. The molecule has 6 nitrogen and oxygen atoms in total. The Kier molecular flexibility index (Phi) is 3.80. The van der Waals surface area contributed by atoms with Crippen molar-refractivity contribution >= 4 is 17.2 Å². The van der Waals surface area contributed by atoms with Crippen molar-refractivity contribution in [3.8, 4) is 22.2 Å². The van der Waals surface area contributed by atoms with E-state index in [0.29, 0.717) is 11.7 Å². The summed E-state index contributed by atoms with van der Waals surface area (Å²) < 4.78 is 5.48. The average Bonchev–Trinajstić information content (AvgIpc) is 3.27. The van der Waals surface area contributed by atoms with Crippen LogP contribution in [-0.2, 0) is 0 Å². The summed E-state index contributed by atoms with van der Waals surface area (Å²) in [5.74, 6) is 2.01. The molecular weight excluding hydrogens is 310 g/mol. The van der Waals surface area contributed by atoms with Gasteiger partial charge in [0.05, 0.1) is 10.4 Å². The molecule has 4 rings (SSSR count). The fourth-order valence-electron chi connectivity index (χ4n) is 2.77. The molecule has 3 aromatic rings. The Morgan fingerprint density at radius 3 is 2.87 bits per heavy atom. The third-order valence-electron chi connectivity index (χ3n) is 4.02. The van der Waals surface area contributed by atoms with Crippen LogP contribution in [-0.4, -0.2) is 34.3 Å². The van der Waals surface area contributed by atoms with Crippen molar-refractivity contribution in [2.75, 3.05) is 18.0 Å². The third-order valence-corrected chi connectivity index (χ3v) is 4.89. The summed E-state index contributed by atoms with van der Waals surface area (Å²) in [7, 11) is 0. The summed E-state index contributed by atoms with van der Waals surface area (Å²) in [5, 5.41) is 6.09. The lowest BCUT2D eigenvalue weighted by atomic mass is 10.1. The molecule has 0 radical (unpaired) electrons. The zero-order valence-corrected chi connectivity index (χ0v) is 13.4. The monoisotopic (exact) mass is 327 g/mol. The van der Waals surface area contributed by atoms with Gasteiger partial charge in [-0.1, -0.05) is 11.2 Å². The number of aromatic nitrogens is 3. The number of hydrogen-bond acceptors (Lipinski definition) is 7. The molecule has 3 aromatic heterocycles. The van der Waals surface area contributed by atoms with Gasteiger partial charge in [-0.05, 0) is 36.4 Å². The SMILES string of the molecule is NC1CCN(c2ncccc2-c2nc(-c3cccs3)no2)CC1. The molecule has 7 heteroatoms. The first-order valence-corrected chi connectivity index (χ1v) is 8.53. The molecule has 0 saturated carbocycles. The Morgan fingerprint density at radius 2 is 2.09 bits per heavy atom. The molecule has 0 amide bonds. The zero-order valence-electron chi connectivity index (χ0n) is 12.6. The lowest BCUT2D eigenvalue weighted by Gasteiger charge is -2.31. The molecule has 0 atom stereocenters. The van der Waals surface area contributed by atoms with Crippen LogP contribution in [0.3, 0.4) is 0 Å². The number of nitrogens with two attached hydrogens (primary N) is 1. The Hall–Kier alpha value is -2.25. The molecule has 23 heavy (non-hydrogen) atoms. The van der Waals surface area contributed by atoms with Crippen LogP contribution < -0.4 is 10.6 Å². The highest BCUT2D eigenvalue weighted by molar-refractivity contribution is 7.13. The van der Waals surface area contributed by atoms with E-state index >= 15 is 0 Å². The number of thiophene rings is 1.